The Morgan fingerprint density at radius 2 is 1.88 bits per heavy atom. The number of benzene rings is 1. The van der Waals surface area contributed by atoms with Gasteiger partial charge in [-0.05, 0) is 18.6 Å². The first-order valence-corrected chi connectivity index (χ1v) is 5.65. The first kappa shape index (κ1) is 13.5. The fraction of sp³-hybridized carbons (Fsp3) is 0.462. The predicted molar refractivity (Wildman–Crippen MR) is 64.0 cm³/mol. The molecule has 0 fully saturated rings. The van der Waals surface area contributed by atoms with Crippen LogP contribution in [0.25, 0.3) is 0 Å². The highest BCUT2D eigenvalue weighted by atomic mass is 16.5. The molecule has 0 aliphatic rings. The van der Waals surface area contributed by atoms with E-state index in [1.54, 1.807) is 0 Å². The molecule has 0 atom stereocenters. The van der Waals surface area contributed by atoms with Gasteiger partial charge in [-0.25, -0.2) is 0 Å². The van der Waals surface area contributed by atoms with E-state index in [-0.39, 0.29) is 5.97 Å². The van der Waals surface area contributed by atoms with Crippen LogP contribution in [0.1, 0.15) is 12.8 Å². The molecule has 0 amide bonds. The Bertz CT molecular complexity index is 310. The first-order chi connectivity index (χ1) is 8.33. The zero-order valence-corrected chi connectivity index (χ0v) is 10.1. The summed E-state index contributed by atoms with van der Waals surface area (Å²) in [6, 6.07) is 9.59. The summed E-state index contributed by atoms with van der Waals surface area (Å²) >= 11 is 0. The minimum Gasteiger partial charge on any atom is -0.491 e. The molecule has 0 aliphatic heterocycles. The Hall–Kier alpha value is -1.55. The van der Waals surface area contributed by atoms with E-state index in [0.717, 1.165) is 5.75 Å². The standard InChI is InChI=1S/C13H18O4/c1-15-13(14)8-5-9-16-10-11-17-12-6-3-2-4-7-12/h2-4,6-7H,5,8-11H2,1H3. The third-order valence-corrected chi connectivity index (χ3v) is 2.14. The maximum atomic E-state index is 10.8. The van der Waals surface area contributed by atoms with Gasteiger partial charge in [0.05, 0.1) is 13.7 Å². The monoisotopic (exact) mass is 238 g/mol. The number of hydrogen-bond donors (Lipinski definition) is 0. The number of ether oxygens (including phenoxy) is 3. The molecule has 0 N–H and O–H groups in total. The van der Waals surface area contributed by atoms with E-state index in [0.29, 0.717) is 32.7 Å². The molecule has 1 aromatic carbocycles. The van der Waals surface area contributed by atoms with Gasteiger partial charge in [-0.15, -0.1) is 0 Å². The maximum absolute atomic E-state index is 10.8. The highest BCUT2D eigenvalue weighted by molar-refractivity contribution is 5.68. The SMILES string of the molecule is COC(=O)CCCOCCOc1ccccc1. The van der Waals surface area contributed by atoms with Crippen LogP contribution in [-0.2, 0) is 14.3 Å². The second kappa shape index (κ2) is 8.58. The van der Waals surface area contributed by atoms with Crippen LogP contribution in [0.5, 0.6) is 5.75 Å². The number of para-hydroxylation sites is 1. The van der Waals surface area contributed by atoms with Crippen molar-refractivity contribution in [3.05, 3.63) is 30.3 Å². The summed E-state index contributed by atoms with van der Waals surface area (Å²) in [5, 5.41) is 0. The minimum absolute atomic E-state index is 0.200. The van der Waals surface area contributed by atoms with Crippen molar-refractivity contribution >= 4 is 5.97 Å². The third kappa shape index (κ3) is 6.58. The van der Waals surface area contributed by atoms with Crippen molar-refractivity contribution in [3.63, 3.8) is 0 Å². The Labute approximate surface area is 101 Å². The molecule has 0 saturated heterocycles. The zero-order valence-electron chi connectivity index (χ0n) is 10.1. The van der Waals surface area contributed by atoms with Crippen LogP contribution in [0.2, 0.25) is 0 Å². The molecule has 0 aliphatic carbocycles. The molecule has 0 radical (unpaired) electrons. The molecule has 17 heavy (non-hydrogen) atoms. The molecular weight excluding hydrogens is 220 g/mol. The molecule has 0 aromatic heterocycles. The number of hydrogen-bond acceptors (Lipinski definition) is 4. The Kier molecular flexibility index (Phi) is 6.82. The van der Waals surface area contributed by atoms with E-state index in [1.807, 2.05) is 30.3 Å². The molecule has 4 heteroatoms. The highest BCUT2D eigenvalue weighted by Gasteiger charge is 1.99. The van der Waals surface area contributed by atoms with Crippen molar-refractivity contribution in [2.24, 2.45) is 0 Å². The lowest BCUT2D eigenvalue weighted by Crippen LogP contribution is -2.09. The lowest BCUT2D eigenvalue weighted by Gasteiger charge is -2.06. The quantitative estimate of drug-likeness (QED) is 0.513. The molecular formula is C13H18O4. The number of carbonyl (C=O) groups excluding carboxylic acids is 1. The smallest absolute Gasteiger partial charge is 0.305 e. The van der Waals surface area contributed by atoms with Gasteiger partial charge in [0, 0.05) is 13.0 Å². The average molecular weight is 238 g/mol. The fourth-order valence-corrected chi connectivity index (χ4v) is 1.26. The summed E-state index contributed by atoms with van der Waals surface area (Å²) < 4.78 is 15.3. The summed E-state index contributed by atoms with van der Waals surface area (Å²) in [4.78, 5) is 10.8. The molecule has 4 nitrogen and oxygen atoms in total. The lowest BCUT2D eigenvalue weighted by molar-refractivity contribution is -0.141. The molecule has 1 aromatic rings. The molecule has 1 rings (SSSR count). The molecule has 0 bridgehead atoms. The van der Waals surface area contributed by atoms with Crippen molar-refractivity contribution in [2.75, 3.05) is 26.9 Å². The van der Waals surface area contributed by atoms with Crippen LogP contribution in [0.3, 0.4) is 0 Å². The van der Waals surface area contributed by atoms with Gasteiger partial charge in [-0.3, -0.25) is 4.79 Å². The Morgan fingerprint density at radius 1 is 1.12 bits per heavy atom. The lowest BCUT2D eigenvalue weighted by atomic mass is 10.3. The van der Waals surface area contributed by atoms with E-state index in [9.17, 15) is 4.79 Å². The molecule has 0 saturated carbocycles. The highest BCUT2D eigenvalue weighted by Crippen LogP contribution is 2.07. The number of methoxy groups -OCH3 is 1. The summed E-state index contributed by atoms with van der Waals surface area (Å²) in [5.74, 6) is 0.639. The molecule has 0 spiro atoms. The fourth-order valence-electron chi connectivity index (χ4n) is 1.26. The number of rotatable bonds is 8. The summed E-state index contributed by atoms with van der Waals surface area (Å²) in [5.41, 5.74) is 0. The van der Waals surface area contributed by atoms with Crippen molar-refractivity contribution in [2.45, 2.75) is 12.8 Å². The van der Waals surface area contributed by atoms with Crippen molar-refractivity contribution in [3.8, 4) is 5.75 Å². The molecule has 0 heterocycles. The number of esters is 1. The van der Waals surface area contributed by atoms with E-state index >= 15 is 0 Å². The second-order valence-corrected chi connectivity index (χ2v) is 3.45. The summed E-state index contributed by atoms with van der Waals surface area (Å²) in [6.45, 7) is 1.59. The van der Waals surface area contributed by atoms with Crippen LogP contribution < -0.4 is 4.74 Å². The minimum atomic E-state index is -0.200. The van der Waals surface area contributed by atoms with Crippen LogP contribution in [0, 0.1) is 0 Å². The van der Waals surface area contributed by atoms with Crippen molar-refractivity contribution in [1.29, 1.82) is 0 Å². The third-order valence-electron chi connectivity index (χ3n) is 2.14. The van der Waals surface area contributed by atoms with Gasteiger partial charge in [0.25, 0.3) is 0 Å². The first-order valence-electron chi connectivity index (χ1n) is 5.65. The van der Waals surface area contributed by atoms with Gasteiger partial charge < -0.3 is 14.2 Å². The second-order valence-electron chi connectivity index (χ2n) is 3.45. The van der Waals surface area contributed by atoms with Gasteiger partial charge in [0.15, 0.2) is 0 Å². The summed E-state index contributed by atoms with van der Waals surface area (Å²) in [6.07, 6.45) is 1.08. The normalized spacial score (nSPS) is 9.94. The Balaban J connectivity index is 1.93. The van der Waals surface area contributed by atoms with E-state index in [2.05, 4.69) is 4.74 Å². The zero-order chi connectivity index (χ0) is 12.3. The van der Waals surface area contributed by atoms with E-state index in [4.69, 9.17) is 9.47 Å². The number of carbonyl (C=O) groups is 1. The Morgan fingerprint density at radius 3 is 2.59 bits per heavy atom. The van der Waals surface area contributed by atoms with Gasteiger partial charge in [-0.2, -0.15) is 0 Å². The van der Waals surface area contributed by atoms with Crippen molar-refractivity contribution in [1.82, 2.24) is 0 Å². The van der Waals surface area contributed by atoms with Crippen LogP contribution in [-0.4, -0.2) is 32.9 Å². The van der Waals surface area contributed by atoms with Crippen molar-refractivity contribution < 1.29 is 19.0 Å². The van der Waals surface area contributed by atoms with Gasteiger partial charge in [0.2, 0.25) is 0 Å². The van der Waals surface area contributed by atoms with Gasteiger partial charge in [0.1, 0.15) is 12.4 Å². The van der Waals surface area contributed by atoms with Crippen LogP contribution in [0.4, 0.5) is 0 Å². The maximum Gasteiger partial charge on any atom is 0.305 e. The van der Waals surface area contributed by atoms with Gasteiger partial charge >= 0.3 is 5.97 Å². The average Bonchev–Trinajstić information content (AvgIpc) is 2.38. The van der Waals surface area contributed by atoms with Gasteiger partial charge in [-0.1, -0.05) is 18.2 Å². The summed E-state index contributed by atoms with van der Waals surface area (Å²) in [7, 11) is 1.39. The van der Waals surface area contributed by atoms with Crippen LogP contribution >= 0.6 is 0 Å². The van der Waals surface area contributed by atoms with E-state index in [1.165, 1.54) is 7.11 Å². The topological polar surface area (TPSA) is 44.8 Å². The molecule has 94 valence electrons. The largest absolute Gasteiger partial charge is 0.491 e. The van der Waals surface area contributed by atoms with Crippen LogP contribution in [0.15, 0.2) is 30.3 Å². The molecule has 0 unspecified atom stereocenters. The predicted octanol–water partition coefficient (Wildman–Crippen LogP) is 2.04. The van der Waals surface area contributed by atoms with E-state index < -0.39 is 0 Å².